The molecule has 0 heterocycles. The molecule has 34 heavy (non-hydrogen) atoms. The molecule has 0 aliphatic heterocycles. The highest BCUT2D eigenvalue weighted by atomic mass is 16.5. The molecule has 0 amide bonds. The Labute approximate surface area is 205 Å². The highest BCUT2D eigenvalue weighted by Gasteiger charge is 2.36. The summed E-state index contributed by atoms with van der Waals surface area (Å²) >= 11 is 0. The third-order valence-corrected chi connectivity index (χ3v) is 6.36. The van der Waals surface area contributed by atoms with Crippen LogP contribution >= 0.6 is 0 Å². The Morgan fingerprint density at radius 3 is 2.47 bits per heavy atom. The summed E-state index contributed by atoms with van der Waals surface area (Å²) in [6.07, 6.45) is 10.5. The van der Waals surface area contributed by atoms with Crippen LogP contribution in [0, 0.1) is 10.8 Å². The van der Waals surface area contributed by atoms with Gasteiger partial charge in [0.05, 0.1) is 12.3 Å². The number of ether oxygens (including phenoxy) is 1. The minimum absolute atomic E-state index is 0.161. The number of nitrogens with two attached hydrogens (primary N) is 1. The molecule has 1 aromatic rings. The zero-order chi connectivity index (χ0) is 25.2. The van der Waals surface area contributed by atoms with Crippen LogP contribution < -0.4 is 5.73 Å². The van der Waals surface area contributed by atoms with E-state index < -0.39 is 0 Å². The van der Waals surface area contributed by atoms with E-state index in [9.17, 15) is 9.90 Å². The maximum Gasteiger partial charge on any atom is 0.305 e. The number of benzene rings is 1. The van der Waals surface area contributed by atoms with Crippen molar-refractivity contribution in [3.05, 3.63) is 47.4 Å². The first-order valence-corrected chi connectivity index (χ1v) is 12.6. The van der Waals surface area contributed by atoms with Crippen molar-refractivity contribution >= 4 is 17.3 Å². The number of aliphatic hydroxyl groups is 1. The Morgan fingerprint density at radius 1 is 1.12 bits per heavy atom. The van der Waals surface area contributed by atoms with E-state index >= 15 is 0 Å². The lowest BCUT2D eigenvalue weighted by molar-refractivity contribution is -0.144. The number of hydrogen-bond acceptors (Lipinski definition) is 6. The number of carbonyl (C=O) groups is 1. The van der Waals surface area contributed by atoms with Crippen molar-refractivity contribution in [3.8, 4) is 0 Å². The Bertz CT molecular complexity index is 912. The van der Waals surface area contributed by atoms with Crippen molar-refractivity contribution in [1.82, 2.24) is 0 Å². The fourth-order valence-electron chi connectivity index (χ4n) is 4.16. The third-order valence-electron chi connectivity index (χ3n) is 6.36. The lowest BCUT2D eigenvalue weighted by Gasteiger charge is -2.36. The van der Waals surface area contributed by atoms with Gasteiger partial charge in [-0.2, -0.15) is 0 Å². The van der Waals surface area contributed by atoms with Crippen molar-refractivity contribution in [3.63, 3.8) is 0 Å². The zero-order valence-corrected chi connectivity index (χ0v) is 21.7. The van der Waals surface area contributed by atoms with Crippen LogP contribution in [0.25, 0.3) is 0 Å². The first-order chi connectivity index (χ1) is 16.1. The molecule has 188 valence electrons. The number of nitrogens with zero attached hydrogens (tertiary/aromatic N) is 2. The van der Waals surface area contributed by atoms with Crippen LogP contribution in [-0.2, 0) is 9.53 Å². The number of rotatable bonds is 12. The molecule has 0 aromatic heterocycles. The molecule has 1 aromatic carbocycles. The lowest BCUT2D eigenvalue weighted by Crippen LogP contribution is -2.27. The summed E-state index contributed by atoms with van der Waals surface area (Å²) in [5.41, 5.74) is 7.80. The number of hydrogen-bond donors (Lipinski definition) is 2. The molecule has 0 bridgehead atoms. The van der Waals surface area contributed by atoms with Gasteiger partial charge in [0.25, 0.3) is 0 Å². The number of nitrogen functional groups attached to an aromatic ring is 1. The summed E-state index contributed by atoms with van der Waals surface area (Å²) in [6.45, 7) is 11.0. The monoisotopic (exact) mass is 469 g/mol. The van der Waals surface area contributed by atoms with Gasteiger partial charge in [-0.25, -0.2) is 0 Å². The second-order valence-corrected chi connectivity index (χ2v) is 10.7. The normalized spacial score (nSPS) is 18.9. The maximum atomic E-state index is 12.4. The van der Waals surface area contributed by atoms with Crippen molar-refractivity contribution in [2.75, 3.05) is 12.3 Å². The van der Waals surface area contributed by atoms with E-state index in [-0.39, 0.29) is 22.6 Å². The standard InChI is InChI=1S/C28H43N3O3/c1-6-7-8-9-10-13-18-34-25(32)16-17-28(5)19-21(27(2,3)4)26(33)24(20-28)31-30-23-15-12-11-14-22(23)29/h11-12,14-15,20,33H,6-10,13,16-19,29H2,1-5H3. The van der Waals surface area contributed by atoms with Crippen molar-refractivity contribution in [1.29, 1.82) is 0 Å². The van der Waals surface area contributed by atoms with E-state index in [2.05, 4.69) is 44.8 Å². The average molecular weight is 470 g/mol. The Balaban J connectivity index is 2.05. The van der Waals surface area contributed by atoms with E-state index in [0.29, 0.717) is 42.9 Å². The van der Waals surface area contributed by atoms with Gasteiger partial charge in [-0.15, -0.1) is 10.2 Å². The molecule has 1 atom stereocenters. The van der Waals surface area contributed by atoms with Gasteiger partial charge >= 0.3 is 5.97 Å². The summed E-state index contributed by atoms with van der Waals surface area (Å²) in [5.74, 6) is -0.00613. The number of allylic oxidation sites excluding steroid dienone is 2. The molecule has 3 N–H and O–H groups in total. The number of carbonyl (C=O) groups excluding carboxylic acids is 1. The molecular weight excluding hydrogens is 426 g/mol. The predicted octanol–water partition coefficient (Wildman–Crippen LogP) is 8.19. The molecule has 0 fully saturated rings. The van der Waals surface area contributed by atoms with Gasteiger partial charge in [-0.05, 0) is 53.9 Å². The molecule has 0 saturated heterocycles. The molecular formula is C28H43N3O3. The van der Waals surface area contributed by atoms with Gasteiger partial charge in [0.1, 0.15) is 17.1 Å². The fourth-order valence-corrected chi connectivity index (χ4v) is 4.16. The molecule has 2 rings (SSSR count). The van der Waals surface area contributed by atoms with Gasteiger partial charge in [-0.3, -0.25) is 4.79 Å². The highest BCUT2D eigenvalue weighted by Crippen LogP contribution is 2.46. The molecule has 1 aliphatic carbocycles. The number of anilines is 1. The van der Waals surface area contributed by atoms with E-state index in [1.807, 2.05) is 18.2 Å². The molecule has 6 heteroatoms. The van der Waals surface area contributed by atoms with E-state index in [0.717, 1.165) is 18.4 Å². The molecule has 1 unspecified atom stereocenters. The quantitative estimate of drug-likeness (QED) is 0.139. The summed E-state index contributed by atoms with van der Waals surface area (Å²) in [4.78, 5) is 12.4. The van der Waals surface area contributed by atoms with Crippen LogP contribution in [0.15, 0.2) is 57.6 Å². The van der Waals surface area contributed by atoms with Gasteiger partial charge in [0.15, 0.2) is 0 Å². The van der Waals surface area contributed by atoms with Crippen LogP contribution in [0.2, 0.25) is 0 Å². The summed E-state index contributed by atoms with van der Waals surface area (Å²) < 4.78 is 5.47. The van der Waals surface area contributed by atoms with E-state index in [1.54, 1.807) is 12.1 Å². The molecule has 0 spiro atoms. The topological polar surface area (TPSA) is 97.3 Å². The summed E-state index contributed by atoms with van der Waals surface area (Å²) in [7, 11) is 0. The molecule has 0 radical (unpaired) electrons. The van der Waals surface area contributed by atoms with Gasteiger partial charge in [-0.1, -0.05) is 78.9 Å². The first kappa shape index (κ1) is 27.6. The lowest BCUT2D eigenvalue weighted by atomic mass is 9.69. The largest absolute Gasteiger partial charge is 0.506 e. The van der Waals surface area contributed by atoms with Crippen LogP contribution in [0.4, 0.5) is 11.4 Å². The number of para-hydroxylation sites is 1. The molecule has 6 nitrogen and oxygen atoms in total. The minimum atomic E-state index is -0.343. The second kappa shape index (κ2) is 12.7. The SMILES string of the molecule is CCCCCCCCOC(=O)CCC1(C)C=C(N=Nc2ccccc2N)C(O)=C(C(C)(C)C)C1. The summed E-state index contributed by atoms with van der Waals surface area (Å²) in [5, 5.41) is 19.6. The van der Waals surface area contributed by atoms with Crippen molar-refractivity contribution in [2.24, 2.45) is 21.1 Å². The second-order valence-electron chi connectivity index (χ2n) is 10.7. The third kappa shape index (κ3) is 8.62. The number of azo groups is 1. The van der Waals surface area contributed by atoms with Crippen LogP contribution in [0.3, 0.4) is 0 Å². The van der Waals surface area contributed by atoms with E-state index in [4.69, 9.17) is 10.5 Å². The smallest absolute Gasteiger partial charge is 0.305 e. The van der Waals surface area contributed by atoms with Crippen LogP contribution in [0.5, 0.6) is 0 Å². The van der Waals surface area contributed by atoms with E-state index in [1.165, 1.54) is 25.7 Å². The van der Waals surface area contributed by atoms with Crippen molar-refractivity contribution in [2.45, 2.75) is 92.4 Å². The average Bonchev–Trinajstić information content (AvgIpc) is 2.78. The maximum absolute atomic E-state index is 12.4. The summed E-state index contributed by atoms with van der Waals surface area (Å²) in [6, 6.07) is 7.23. The Morgan fingerprint density at radius 2 is 1.79 bits per heavy atom. The van der Waals surface area contributed by atoms with Crippen LogP contribution in [0.1, 0.15) is 92.4 Å². The first-order valence-electron chi connectivity index (χ1n) is 12.6. The molecule has 0 saturated carbocycles. The number of unbranched alkanes of at least 4 members (excludes halogenated alkanes) is 5. The van der Waals surface area contributed by atoms with Gasteiger partial charge in [0.2, 0.25) is 0 Å². The van der Waals surface area contributed by atoms with Gasteiger partial charge in [0, 0.05) is 6.42 Å². The number of esters is 1. The number of aliphatic hydroxyl groups excluding tert-OH is 1. The molecule has 1 aliphatic rings. The van der Waals surface area contributed by atoms with Crippen molar-refractivity contribution < 1.29 is 14.6 Å². The Kier molecular flexibility index (Phi) is 10.3. The fraction of sp³-hybridized carbons (Fsp3) is 0.607. The van der Waals surface area contributed by atoms with Gasteiger partial charge < -0.3 is 15.6 Å². The highest BCUT2D eigenvalue weighted by molar-refractivity contribution is 5.69. The minimum Gasteiger partial charge on any atom is -0.506 e. The predicted molar refractivity (Wildman–Crippen MR) is 139 cm³/mol. The zero-order valence-electron chi connectivity index (χ0n) is 21.7. The van der Waals surface area contributed by atoms with Crippen LogP contribution in [-0.4, -0.2) is 17.7 Å². The Hall–Kier alpha value is -2.63.